The summed E-state index contributed by atoms with van der Waals surface area (Å²) in [5.74, 6) is 0.364. The summed E-state index contributed by atoms with van der Waals surface area (Å²) in [6.07, 6.45) is 0. The molecule has 0 saturated heterocycles. The third-order valence-electron chi connectivity index (χ3n) is 2.50. The van der Waals surface area contributed by atoms with Crippen LogP contribution < -0.4 is 16.6 Å². The Hall–Kier alpha value is -1.43. The molecule has 0 amide bonds. The van der Waals surface area contributed by atoms with Gasteiger partial charge >= 0.3 is 0 Å². The van der Waals surface area contributed by atoms with E-state index in [9.17, 15) is 10.1 Å². The van der Waals surface area contributed by atoms with E-state index in [1.165, 1.54) is 12.1 Å². The molecular weight excluding hydrogens is 311 g/mol. The zero-order valence-corrected chi connectivity index (χ0v) is 11.6. The number of halogens is 2. The summed E-state index contributed by atoms with van der Waals surface area (Å²) in [5, 5.41) is 0. The average Bonchev–Trinajstić information content (AvgIpc) is 2.39. The van der Waals surface area contributed by atoms with Gasteiger partial charge in [-0.15, -0.1) is 5.73 Å². The number of rotatable bonds is 4. The van der Waals surface area contributed by atoms with Crippen molar-refractivity contribution in [1.29, 1.82) is 0 Å². The molecule has 0 spiro atoms. The van der Waals surface area contributed by atoms with E-state index in [0.29, 0.717) is 17.9 Å². The van der Waals surface area contributed by atoms with E-state index in [1.807, 2.05) is 6.07 Å². The van der Waals surface area contributed by atoms with Gasteiger partial charge in [-0.1, -0.05) is 28.1 Å². The number of hydrogen-bond acceptors (Lipinski definition) is 1. The van der Waals surface area contributed by atoms with Crippen LogP contribution in [0.5, 0.6) is 5.75 Å². The lowest BCUT2D eigenvalue weighted by Crippen LogP contribution is -1.99. The highest BCUT2D eigenvalue weighted by atomic mass is 79.9. The van der Waals surface area contributed by atoms with E-state index in [-0.39, 0.29) is 18.5 Å². The molecule has 0 bridgehead atoms. The van der Waals surface area contributed by atoms with E-state index < -0.39 is 0 Å². The number of nitrogens with zero attached hydrogens (tertiary/aromatic N) is 2. The minimum Gasteiger partial charge on any atom is -0.489 e. The summed E-state index contributed by atoms with van der Waals surface area (Å²) in [6, 6.07) is 11.6. The van der Waals surface area contributed by atoms with Crippen LogP contribution in [0.15, 0.2) is 46.9 Å². The van der Waals surface area contributed by atoms with Crippen molar-refractivity contribution in [3.05, 3.63) is 63.9 Å². The molecule has 2 aromatic rings. The van der Waals surface area contributed by atoms with Gasteiger partial charge in [0.05, 0.1) is 6.54 Å². The van der Waals surface area contributed by atoms with Crippen molar-refractivity contribution in [2.45, 2.75) is 13.2 Å². The van der Waals surface area contributed by atoms with Gasteiger partial charge in [-0.3, -0.25) is 0 Å². The topological polar surface area (TPSA) is 62.0 Å². The fraction of sp³-hybridized carbons (Fsp3) is 0.143. The molecule has 0 saturated carbocycles. The number of ether oxygens (including phenoxy) is 1. The smallest absolute Gasteiger partial charge is 0.124 e. The van der Waals surface area contributed by atoms with E-state index >= 15 is 0 Å². The first-order valence-electron chi connectivity index (χ1n) is 5.45. The Morgan fingerprint density at radius 2 is 1.79 bits per heavy atom. The van der Waals surface area contributed by atoms with Crippen LogP contribution in [-0.2, 0) is 13.2 Å². The number of benzene rings is 2. The first-order valence-corrected chi connectivity index (χ1v) is 6.25. The largest absolute Gasteiger partial charge is 0.489 e. The van der Waals surface area contributed by atoms with Gasteiger partial charge in [0.15, 0.2) is 0 Å². The minimum atomic E-state index is -0.265. The van der Waals surface area contributed by atoms with E-state index in [2.05, 4.69) is 15.9 Å². The van der Waals surface area contributed by atoms with Crippen molar-refractivity contribution in [3.63, 3.8) is 0 Å². The van der Waals surface area contributed by atoms with Crippen LogP contribution in [0.25, 0.3) is 0 Å². The monoisotopic (exact) mass is 321 g/mol. The minimum absolute atomic E-state index is 0. The molecule has 0 aliphatic heterocycles. The van der Waals surface area contributed by atoms with Crippen molar-refractivity contribution >= 4 is 15.9 Å². The normalized spacial score (nSPS) is 9.84. The molecule has 19 heavy (non-hydrogen) atoms. The maximum absolute atomic E-state index is 12.7. The van der Waals surface area contributed by atoms with Gasteiger partial charge in [-0.2, -0.15) is 0 Å². The van der Waals surface area contributed by atoms with Crippen molar-refractivity contribution in [1.82, 2.24) is 11.9 Å². The highest BCUT2D eigenvalue weighted by Crippen LogP contribution is 2.24. The van der Waals surface area contributed by atoms with Crippen LogP contribution in [0, 0.1) is 5.82 Å². The fourth-order valence-corrected chi connectivity index (χ4v) is 1.96. The summed E-state index contributed by atoms with van der Waals surface area (Å²) in [6.45, 7) is 0.257. The summed E-state index contributed by atoms with van der Waals surface area (Å²) in [5.41, 5.74) is 10.8. The second kappa shape index (κ2) is 7.23. The Bertz CT molecular complexity index is 531. The highest BCUT2D eigenvalue weighted by Gasteiger charge is 2.04. The zero-order chi connectivity index (χ0) is 13.0. The Morgan fingerprint density at radius 1 is 1.11 bits per heavy atom. The lowest BCUT2D eigenvalue weighted by atomic mass is 10.2. The van der Waals surface area contributed by atoms with E-state index in [4.69, 9.17) is 4.74 Å². The Kier molecular flexibility index (Phi) is 5.95. The maximum atomic E-state index is 12.7. The molecule has 2 aromatic carbocycles. The molecule has 0 fully saturated rings. The number of hydrogen-bond donors (Lipinski definition) is 0. The molecule has 0 aliphatic carbocycles. The maximum Gasteiger partial charge on any atom is 0.124 e. The molecule has 0 heterocycles. The SMILES string of the molecule is [N].[N]Cc1cc(Br)ccc1OCc1ccc(F)cc1. The highest BCUT2D eigenvalue weighted by molar-refractivity contribution is 9.10. The van der Waals surface area contributed by atoms with Crippen LogP contribution in [0.1, 0.15) is 11.1 Å². The molecule has 0 unspecified atom stereocenters. The standard InChI is InChI=1S/C14H11BrFNO.N/c15-12-3-6-14(11(7-12)8-17)18-9-10-1-4-13(16)5-2-10;/h1-7H,8-9H2;. The lowest BCUT2D eigenvalue weighted by Gasteiger charge is -2.10. The molecule has 2 rings (SSSR count). The second-order valence-electron chi connectivity index (χ2n) is 3.83. The molecule has 0 atom stereocenters. The summed E-state index contributed by atoms with van der Waals surface area (Å²) in [4.78, 5) is 0. The summed E-state index contributed by atoms with van der Waals surface area (Å²) < 4.78 is 19.2. The van der Waals surface area contributed by atoms with Gasteiger partial charge in [0.25, 0.3) is 0 Å². The van der Waals surface area contributed by atoms with Gasteiger partial charge in [-0.05, 0) is 35.9 Å². The summed E-state index contributed by atoms with van der Waals surface area (Å²) in [7, 11) is 0. The van der Waals surface area contributed by atoms with Crippen molar-refractivity contribution < 1.29 is 9.13 Å². The van der Waals surface area contributed by atoms with Gasteiger partial charge in [0.1, 0.15) is 18.2 Å². The van der Waals surface area contributed by atoms with Crippen molar-refractivity contribution in [3.8, 4) is 5.75 Å². The van der Waals surface area contributed by atoms with Gasteiger partial charge < -0.3 is 4.74 Å². The van der Waals surface area contributed by atoms with Gasteiger partial charge in [0.2, 0.25) is 0 Å². The van der Waals surface area contributed by atoms with Crippen LogP contribution in [0.3, 0.4) is 0 Å². The van der Waals surface area contributed by atoms with Crippen molar-refractivity contribution in [2.75, 3.05) is 0 Å². The fourth-order valence-electron chi connectivity index (χ4n) is 1.55. The molecule has 0 aromatic heterocycles. The Labute approximate surface area is 120 Å². The van der Waals surface area contributed by atoms with Gasteiger partial charge in [0, 0.05) is 16.2 Å². The first-order chi connectivity index (χ1) is 8.69. The van der Waals surface area contributed by atoms with Crippen LogP contribution in [-0.4, -0.2) is 0 Å². The van der Waals surface area contributed by atoms with Crippen molar-refractivity contribution in [2.24, 2.45) is 0 Å². The zero-order valence-electron chi connectivity index (χ0n) is 10.0. The Balaban J connectivity index is 0.00000180. The molecule has 0 N–H and O–H groups in total. The lowest BCUT2D eigenvalue weighted by molar-refractivity contribution is 0.302. The van der Waals surface area contributed by atoms with Crippen LogP contribution in [0.4, 0.5) is 4.39 Å². The molecule has 5 radical (unpaired) electrons. The molecule has 5 heteroatoms. The predicted molar refractivity (Wildman–Crippen MR) is 72.8 cm³/mol. The van der Waals surface area contributed by atoms with Crippen LogP contribution in [0.2, 0.25) is 0 Å². The second-order valence-corrected chi connectivity index (χ2v) is 4.74. The van der Waals surface area contributed by atoms with Crippen LogP contribution >= 0.6 is 15.9 Å². The summed E-state index contributed by atoms with van der Waals surface area (Å²) >= 11 is 3.33. The van der Waals surface area contributed by atoms with E-state index in [1.54, 1.807) is 24.3 Å². The predicted octanol–water partition coefficient (Wildman–Crippen LogP) is 3.26. The third kappa shape index (κ3) is 4.31. The third-order valence-corrected chi connectivity index (χ3v) is 2.99. The molecule has 97 valence electrons. The quantitative estimate of drug-likeness (QED) is 0.852. The van der Waals surface area contributed by atoms with Gasteiger partial charge in [-0.25, -0.2) is 4.39 Å². The molecule has 0 aliphatic rings. The Morgan fingerprint density at radius 3 is 2.42 bits per heavy atom. The molecule has 3 nitrogen and oxygen atoms in total. The molecular formula is C14H11BrFN2O. The van der Waals surface area contributed by atoms with E-state index in [0.717, 1.165) is 10.0 Å². The first kappa shape index (κ1) is 15.6. The average molecular weight is 322 g/mol.